The summed E-state index contributed by atoms with van der Waals surface area (Å²) >= 11 is 0. The number of aromatic nitrogens is 1. The second-order valence-electron chi connectivity index (χ2n) is 24.6. The topological polar surface area (TPSA) is 21.3 Å². The van der Waals surface area contributed by atoms with Gasteiger partial charge in [0.05, 0.1) is 27.5 Å². The first kappa shape index (κ1) is 48.4. The van der Waals surface area contributed by atoms with Gasteiger partial charge in [-0.2, -0.15) is 0 Å². The summed E-state index contributed by atoms with van der Waals surface area (Å²) in [5.74, 6) is 0. The first-order valence-corrected chi connectivity index (χ1v) is 30.4. The quantitative estimate of drug-likeness (QED) is 0.165. The number of rotatable bonds is 6. The van der Waals surface area contributed by atoms with Crippen LogP contribution in [0.3, 0.4) is 0 Å². The Balaban J connectivity index is 0.854. The fraction of sp³-hybridized carbons (Fsp3) is 0.0476. The van der Waals surface area contributed by atoms with Gasteiger partial charge in [-0.3, -0.25) is 0 Å². The van der Waals surface area contributed by atoms with E-state index in [-0.39, 0.29) is 5.41 Å². The fourth-order valence-electron chi connectivity index (χ4n) is 16.2. The van der Waals surface area contributed by atoms with E-state index in [0.717, 1.165) is 88.4 Å². The smallest absolute Gasteiger partial charge is 0.145 e. The number of nitrogens with zero attached hydrogens (tertiary/aromatic N) is 2. The van der Waals surface area contributed by atoms with Crippen LogP contribution in [0.15, 0.2) is 296 Å². The third-order valence-corrected chi connectivity index (χ3v) is 20.0. The van der Waals surface area contributed by atoms with E-state index >= 15 is 0 Å². The van der Waals surface area contributed by atoms with Gasteiger partial charge < -0.3 is 13.9 Å². The molecule has 3 heteroatoms. The van der Waals surface area contributed by atoms with Gasteiger partial charge in [-0.1, -0.05) is 244 Å². The lowest BCUT2D eigenvalue weighted by Crippen LogP contribution is -2.25. The predicted octanol–water partition coefficient (Wildman–Crippen LogP) is 22.4. The number of fused-ring (bicyclic) bond motifs is 22. The summed E-state index contributed by atoms with van der Waals surface area (Å²) in [6.45, 7) is 4.74. The standard InChI is InChI=1S/C84H54N2O/c1-83(2)70-31-15-10-26-61(70)65-43-41-57(49-75(65)83)85(56-39-36-52(37-40-56)51-20-4-3-5-21-51)58-42-44-67-66-30-14-19-35-76(66)86(77(67)50-58)78-48-54-23-7-9-25-60(54)81-80(78)69-46-53-22-6-8-24-59(53)79(82(69)87-81)55-38-45-74-68(47-55)64-29-13-18-34-73(64)84(74)71-32-16-11-27-62(71)63-28-12-17-33-72(63)84/h3-50H,1-2H3. The molecule has 16 aromatic rings. The maximum absolute atomic E-state index is 7.67. The molecule has 87 heavy (non-hydrogen) atoms. The highest BCUT2D eigenvalue weighted by atomic mass is 16.3. The monoisotopic (exact) mass is 1110 g/mol. The third-order valence-electron chi connectivity index (χ3n) is 20.0. The van der Waals surface area contributed by atoms with Gasteiger partial charge in [0.15, 0.2) is 0 Å². The number of hydrogen-bond acceptors (Lipinski definition) is 2. The van der Waals surface area contributed by atoms with Crippen LogP contribution in [0.2, 0.25) is 0 Å². The van der Waals surface area contributed by atoms with Crippen LogP contribution in [0.5, 0.6) is 0 Å². The molecule has 0 radical (unpaired) electrons. The first-order valence-electron chi connectivity index (χ1n) is 30.4. The van der Waals surface area contributed by atoms with Gasteiger partial charge in [0.25, 0.3) is 0 Å². The molecule has 406 valence electrons. The molecule has 3 aliphatic carbocycles. The number of para-hydroxylation sites is 1. The van der Waals surface area contributed by atoms with Crippen LogP contribution in [0.1, 0.15) is 47.2 Å². The molecule has 0 atom stereocenters. The molecule has 1 spiro atoms. The SMILES string of the molecule is CC1(C)c2ccccc2-c2ccc(N(c3ccc(-c4ccccc4)cc3)c3ccc4c5ccccc5n(-c5cc6ccccc6c6oc7c(-c8ccc9c(c8)-c8ccccc8C98c9ccccc9-c9ccccc98)c8ccccc8cc7c56)c4c3)cc21. The van der Waals surface area contributed by atoms with Gasteiger partial charge in [-0.25, -0.2) is 0 Å². The van der Waals surface area contributed by atoms with Gasteiger partial charge in [-0.05, 0) is 160 Å². The lowest BCUT2D eigenvalue weighted by atomic mass is 9.70. The van der Waals surface area contributed by atoms with Gasteiger partial charge >= 0.3 is 0 Å². The zero-order valence-electron chi connectivity index (χ0n) is 48.0. The molecule has 0 amide bonds. The third kappa shape index (κ3) is 6.55. The van der Waals surface area contributed by atoms with Gasteiger partial charge in [0.2, 0.25) is 0 Å². The molecule has 2 aromatic heterocycles. The molecular formula is C84H54N2O. The molecule has 0 saturated heterocycles. The molecule has 2 heterocycles. The minimum Gasteiger partial charge on any atom is -0.455 e. The van der Waals surface area contributed by atoms with E-state index in [1.165, 1.54) is 88.7 Å². The Kier molecular flexibility index (Phi) is 9.89. The van der Waals surface area contributed by atoms with Crippen molar-refractivity contribution in [2.75, 3.05) is 4.90 Å². The summed E-state index contributed by atoms with van der Waals surface area (Å²) in [7, 11) is 0. The average molecular weight is 1110 g/mol. The Bertz CT molecular complexity index is 5580. The lowest BCUT2D eigenvalue weighted by molar-refractivity contribution is 0.660. The maximum Gasteiger partial charge on any atom is 0.145 e. The minimum absolute atomic E-state index is 0.175. The van der Waals surface area contributed by atoms with Gasteiger partial charge in [0.1, 0.15) is 11.2 Å². The van der Waals surface area contributed by atoms with Crippen molar-refractivity contribution in [3.8, 4) is 61.3 Å². The van der Waals surface area contributed by atoms with E-state index in [0.29, 0.717) is 0 Å². The zero-order chi connectivity index (χ0) is 57.3. The van der Waals surface area contributed by atoms with E-state index in [2.05, 4.69) is 315 Å². The van der Waals surface area contributed by atoms with Crippen LogP contribution >= 0.6 is 0 Å². The van der Waals surface area contributed by atoms with Gasteiger partial charge in [0, 0.05) is 49.6 Å². The van der Waals surface area contributed by atoms with Crippen molar-refractivity contribution in [2.24, 2.45) is 0 Å². The summed E-state index contributed by atoms with van der Waals surface area (Å²) in [5.41, 5.74) is 28.1. The summed E-state index contributed by atoms with van der Waals surface area (Å²) in [6, 6.07) is 109. The Morgan fingerprint density at radius 3 is 1.54 bits per heavy atom. The van der Waals surface area contributed by atoms with Crippen LogP contribution in [-0.4, -0.2) is 4.57 Å². The van der Waals surface area contributed by atoms with Crippen LogP contribution in [0.4, 0.5) is 17.1 Å². The number of furan rings is 1. The van der Waals surface area contributed by atoms with Crippen LogP contribution in [0.25, 0.3) is 127 Å². The molecule has 19 rings (SSSR count). The second kappa shape index (κ2) is 17.8. The Labute approximate surface area is 503 Å². The summed E-state index contributed by atoms with van der Waals surface area (Å²) in [6.07, 6.45) is 0. The molecule has 14 aromatic carbocycles. The van der Waals surface area contributed by atoms with E-state index < -0.39 is 5.41 Å². The van der Waals surface area contributed by atoms with E-state index in [1.54, 1.807) is 0 Å². The first-order chi connectivity index (χ1) is 42.9. The normalized spacial score (nSPS) is 13.8. The Morgan fingerprint density at radius 1 is 0.310 bits per heavy atom. The highest BCUT2D eigenvalue weighted by Crippen LogP contribution is 2.63. The van der Waals surface area contributed by atoms with E-state index in [4.69, 9.17) is 4.42 Å². The maximum atomic E-state index is 7.67. The molecule has 3 aliphatic rings. The Hall–Kier alpha value is -11.0. The van der Waals surface area contributed by atoms with Crippen molar-refractivity contribution in [1.29, 1.82) is 0 Å². The molecule has 0 bridgehead atoms. The van der Waals surface area contributed by atoms with E-state index in [1.807, 2.05) is 0 Å². The Morgan fingerprint density at radius 2 is 0.816 bits per heavy atom. The summed E-state index contributed by atoms with van der Waals surface area (Å²) in [4.78, 5) is 2.46. The van der Waals surface area contributed by atoms with Crippen molar-refractivity contribution in [3.63, 3.8) is 0 Å². The van der Waals surface area contributed by atoms with Crippen molar-refractivity contribution in [3.05, 3.63) is 325 Å². The molecule has 3 nitrogen and oxygen atoms in total. The van der Waals surface area contributed by atoms with Crippen molar-refractivity contribution in [2.45, 2.75) is 24.7 Å². The zero-order valence-corrected chi connectivity index (χ0v) is 48.0. The number of benzene rings is 14. The van der Waals surface area contributed by atoms with Crippen molar-refractivity contribution >= 4 is 82.4 Å². The number of anilines is 3. The molecule has 0 saturated carbocycles. The summed E-state index contributed by atoms with van der Waals surface area (Å²) < 4.78 is 10.2. The highest BCUT2D eigenvalue weighted by Gasteiger charge is 2.51. The molecule has 0 unspecified atom stereocenters. The second-order valence-corrected chi connectivity index (χ2v) is 24.6. The fourth-order valence-corrected chi connectivity index (χ4v) is 16.2. The number of hydrogen-bond donors (Lipinski definition) is 0. The minimum atomic E-state index is -0.435. The van der Waals surface area contributed by atoms with Crippen molar-refractivity contribution < 1.29 is 4.42 Å². The highest BCUT2D eigenvalue weighted by molar-refractivity contribution is 6.26. The summed E-state index contributed by atoms with van der Waals surface area (Å²) in [5, 5.41) is 9.06. The largest absolute Gasteiger partial charge is 0.455 e. The molecular weight excluding hydrogens is 1050 g/mol. The predicted molar refractivity (Wildman–Crippen MR) is 362 cm³/mol. The van der Waals surface area contributed by atoms with E-state index in [9.17, 15) is 0 Å². The van der Waals surface area contributed by atoms with Crippen molar-refractivity contribution in [1.82, 2.24) is 4.57 Å². The van der Waals surface area contributed by atoms with Crippen LogP contribution < -0.4 is 4.90 Å². The van der Waals surface area contributed by atoms with Crippen LogP contribution in [0, 0.1) is 0 Å². The lowest BCUT2D eigenvalue weighted by Gasteiger charge is -2.30. The van der Waals surface area contributed by atoms with Gasteiger partial charge in [-0.15, -0.1) is 0 Å². The molecule has 0 N–H and O–H groups in total. The average Bonchev–Trinajstić information content (AvgIpc) is 1.56. The van der Waals surface area contributed by atoms with Crippen LogP contribution in [-0.2, 0) is 10.8 Å². The molecule has 0 fully saturated rings. The molecule has 0 aliphatic heterocycles.